The highest BCUT2D eigenvalue weighted by Crippen LogP contribution is 2.31. The number of pyridine rings is 1. The average Bonchev–Trinajstić information content (AvgIpc) is 3.66. The highest BCUT2D eigenvalue weighted by atomic mass is 35.5. The second-order valence-corrected chi connectivity index (χ2v) is 9.48. The SMILES string of the molecule is Cn1cc(NC(=O)c2cc(F)c(COc3nc4nc(O[C@@H]5COC6C5OC[C@H]6O)[nH]c4cc3Cl)c(F)c2)cn1. The molecule has 6 rings (SSSR count). The van der Waals surface area contributed by atoms with E-state index in [1.165, 1.54) is 16.9 Å². The van der Waals surface area contributed by atoms with Gasteiger partial charge in [-0.3, -0.25) is 9.48 Å². The minimum Gasteiger partial charge on any atom is -0.471 e. The standard InChI is InChI=1S/C24H21ClF2N6O6/c1-33-6-11(5-28-33)29-22(35)10-2-14(26)12(15(27)3-10)7-38-23-13(25)4-16-21(31-23)32-24(30-16)39-18-9-37-19-17(34)8-36-20(18)19/h2-6,17-20,34H,7-9H2,1H3,(H,29,35)(H,30,31,32)/t17-,18-,19?,20?/m1/s1. The van der Waals surface area contributed by atoms with Crippen LogP contribution in [0.1, 0.15) is 15.9 Å². The van der Waals surface area contributed by atoms with Crippen LogP contribution in [0.5, 0.6) is 11.9 Å². The lowest BCUT2D eigenvalue weighted by atomic mass is 10.1. The van der Waals surface area contributed by atoms with Gasteiger partial charge >= 0.3 is 0 Å². The molecule has 1 aromatic carbocycles. The summed E-state index contributed by atoms with van der Waals surface area (Å²) in [5.41, 5.74) is 0.384. The number of benzene rings is 1. The third-order valence-corrected chi connectivity index (χ3v) is 6.61. The van der Waals surface area contributed by atoms with Crippen molar-refractivity contribution in [1.29, 1.82) is 0 Å². The smallest absolute Gasteiger partial charge is 0.296 e. The number of H-pyrrole nitrogens is 1. The van der Waals surface area contributed by atoms with E-state index in [1.807, 2.05) is 0 Å². The van der Waals surface area contributed by atoms with E-state index in [4.69, 9.17) is 30.5 Å². The van der Waals surface area contributed by atoms with Crippen LogP contribution in [-0.2, 0) is 23.1 Å². The minimum absolute atomic E-state index is 0.0671. The van der Waals surface area contributed by atoms with Crippen molar-refractivity contribution < 1.29 is 37.6 Å². The summed E-state index contributed by atoms with van der Waals surface area (Å²) < 4.78 is 53.4. The predicted octanol–water partition coefficient (Wildman–Crippen LogP) is 2.36. The van der Waals surface area contributed by atoms with E-state index in [2.05, 4.69) is 25.4 Å². The van der Waals surface area contributed by atoms with Gasteiger partial charge in [0.15, 0.2) is 11.8 Å². The van der Waals surface area contributed by atoms with Gasteiger partial charge in [0, 0.05) is 18.8 Å². The Morgan fingerprint density at radius 2 is 2.00 bits per heavy atom. The number of aryl methyl sites for hydroxylation is 1. The van der Waals surface area contributed by atoms with Crippen molar-refractivity contribution in [3.63, 3.8) is 0 Å². The van der Waals surface area contributed by atoms with Crippen molar-refractivity contribution in [3.05, 3.63) is 58.4 Å². The van der Waals surface area contributed by atoms with Crippen LogP contribution in [0, 0.1) is 11.6 Å². The van der Waals surface area contributed by atoms with Crippen LogP contribution in [0.15, 0.2) is 30.6 Å². The molecule has 4 aromatic rings. The molecular weight excluding hydrogens is 542 g/mol. The highest BCUT2D eigenvalue weighted by Gasteiger charge is 2.48. The largest absolute Gasteiger partial charge is 0.471 e. The normalized spacial score (nSPS) is 22.3. The number of hydrogen-bond donors (Lipinski definition) is 3. The van der Waals surface area contributed by atoms with Crippen molar-refractivity contribution >= 4 is 34.4 Å². The number of amides is 1. The van der Waals surface area contributed by atoms with Gasteiger partial charge in [-0.1, -0.05) is 11.6 Å². The van der Waals surface area contributed by atoms with Gasteiger partial charge in [-0.15, -0.1) is 0 Å². The minimum atomic E-state index is -0.977. The third-order valence-electron chi connectivity index (χ3n) is 6.34. The van der Waals surface area contributed by atoms with Crippen LogP contribution in [0.3, 0.4) is 0 Å². The quantitative estimate of drug-likeness (QED) is 0.309. The van der Waals surface area contributed by atoms with Crippen molar-refractivity contribution in [2.45, 2.75) is 31.0 Å². The van der Waals surface area contributed by atoms with Gasteiger partial charge in [0.2, 0.25) is 5.88 Å². The first-order valence-electron chi connectivity index (χ1n) is 11.8. The van der Waals surface area contributed by atoms with Gasteiger partial charge in [-0.2, -0.15) is 15.1 Å². The zero-order valence-electron chi connectivity index (χ0n) is 20.2. The fourth-order valence-corrected chi connectivity index (χ4v) is 4.63. The number of aliphatic hydroxyl groups is 1. The van der Waals surface area contributed by atoms with Gasteiger partial charge in [0.05, 0.1) is 36.2 Å². The number of nitrogens with one attached hydrogen (secondary N) is 2. The summed E-state index contributed by atoms with van der Waals surface area (Å²) in [6.07, 6.45) is 0.859. The summed E-state index contributed by atoms with van der Waals surface area (Å²) in [5.74, 6) is -2.76. The van der Waals surface area contributed by atoms with E-state index in [0.29, 0.717) is 11.2 Å². The van der Waals surface area contributed by atoms with Crippen LogP contribution in [0.2, 0.25) is 5.02 Å². The molecule has 0 aliphatic carbocycles. The Hall–Kier alpha value is -3.85. The van der Waals surface area contributed by atoms with Crippen LogP contribution >= 0.6 is 11.6 Å². The fourth-order valence-electron chi connectivity index (χ4n) is 4.43. The van der Waals surface area contributed by atoms with Crippen molar-refractivity contribution in [2.75, 3.05) is 18.5 Å². The summed E-state index contributed by atoms with van der Waals surface area (Å²) in [4.78, 5) is 23.8. The van der Waals surface area contributed by atoms with Crippen LogP contribution in [0.25, 0.3) is 11.2 Å². The number of aromatic amines is 1. The second kappa shape index (κ2) is 10.0. The van der Waals surface area contributed by atoms with Gasteiger partial charge in [-0.25, -0.2) is 8.78 Å². The maximum Gasteiger partial charge on any atom is 0.296 e. The number of nitrogens with zero attached hydrogens (tertiary/aromatic N) is 4. The maximum absolute atomic E-state index is 14.7. The lowest BCUT2D eigenvalue weighted by molar-refractivity contribution is 0.00706. The summed E-state index contributed by atoms with van der Waals surface area (Å²) in [5, 5.41) is 16.4. The molecule has 0 spiro atoms. The Labute approximate surface area is 223 Å². The molecule has 2 fully saturated rings. The molecule has 5 heterocycles. The maximum atomic E-state index is 14.7. The number of hydrogen-bond acceptors (Lipinski definition) is 9. The van der Waals surface area contributed by atoms with Gasteiger partial charge < -0.3 is 34.4 Å². The molecule has 0 radical (unpaired) electrons. The number of fused-ring (bicyclic) bond motifs is 2. The molecule has 0 bridgehead atoms. The number of anilines is 1. The first kappa shape index (κ1) is 25.4. The van der Waals surface area contributed by atoms with E-state index in [-0.39, 0.29) is 41.3 Å². The number of ether oxygens (including phenoxy) is 4. The molecule has 204 valence electrons. The molecule has 2 aliphatic rings. The topological polar surface area (TPSA) is 146 Å². The van der Waals surface area contributed by atoms with Crippen molar-refractivity contribution in [3.8, 4) is 11.9 Å². The zero-order chi connectivity index (χ0) is 27.3. The average molecular weight is 563 g/mol. The molecular formula is C24H21ClF2N6O6. The highest BCUT2D eigenvalue weighted by molar-refractivity contribution is 6.32. The van der Waals surface area contributed by atoms with E-state index in [9.17, 15) is 18.7 Å². The summed E-state index contributed by atoms with van der Waals surface area (Å²) in [7, 11) is 1.67. The van der Waals surface area contributed by atoms with Crippen LogP contribution in [-0.4, -0.2) is 73.4 Å². The first-order chi connectivity index (χ1) is 18.7. The molecule has 2 unspecified atom stereocenters. The predicted molar refractivity (Wildman–Crippen MR) is 131 cm³/mol. The first-order valence-corrected chi connectivity index (χ1v) is 12.2. The molecule has 39 heavy (non-hydrogen) atoms. The van der Waals surface area contributed by atoms with Gasteiger partial charge in [0.25, 0.3) is 11.9 Å². The number of carbonyl (C=O) groups is 1. The van der Waals surface area contributed by atoms with Crippen molar-refractivity contribution in [1.82, 2.24) is 24.7 Å². The molecule has 1 amide bonds. The number of carbonyl (C=O) groups excluding carboxylic acids is 1. The Balaban J connectivity index is 1.14. The summed E-state index contributed by atoms with van der Waals surface area (Å²) >= 11 is 6.27. The Morgan fingerprint density at radius 1 is 1.23 bits per heavy atom. The van der Waals surface area contributed by atoms with Crippen LogP contribution < -0.4 is 14.8 Å². The van der Waals surface area contributed by atoms with Gasteiger partial charge in [0.1, 0.15) is 41.6 Å². The zero-order valence-corrected chi connectivity index (χ0v) is 21.0. The second-order valence-electron chi connectivity index (χ2n) is 9.07. The van der Waals surface area contributed by atoms with E-state index in [0.717, 1.165) is 12.1 Å². The molecule has 15 heteroatoms. The molecule has 12 nitrogen and oxygen atoms in total. The Morgan fingerprint density at radius 3 is 2.74 bits per heavy atom. The molecule has 2 aliphatic heterocycles. The molecule has 0 saturated carbocycles. The van der Waals surface area contributed by atoms with E-state index in [1.54, 1.807) is 13.2 Å². The van der Waals surface area contributed by atoms with E-state index >= 15 is 0 Å². The van der Waals surface area contributed by atoms with Crippen LogP contribution in [0.4, 0.5) is 14.5 Å². The summed E-state index contributed by atoms with van der Waals surface area (Å²) in [6.45, 7) is -0.168. The fraction of sp³-hybridized carbons (Fsp3) is 0.333. The third kappa shape index (κ3) is 4.98. The van der Waals surface area contributed by atoms with Gasteiger partial charge in [-0.05, 0) is 18.2 Å². The number of rotatable bonds is 7. The number of aromatic nitrogens is 5. The monoisotopic (exact) mass is 562 g/mol. The summed E-state index contributed by atoms with van der Waals surface area (Å²) in [6, 6.07) is 3.43. The van der Waals surface area contributed by atoms with Crippen molar-refractivity contribution in [2.24, 2.45) is 7.05 Å². The lowest BCUT2D eigenvalue weighted by Crippen LogP contribution is -2.34. The number of imidazole rings is 1. The molecule has 2 saturated heterocycles. The van der Waals surface area contributed by atoms with E-state index < -0.39 is 54.1 Å². The Bertz CT molecular complexity index is 1540. The number of aliphatic hydroxyl groups excluding tert-OH is 1. The number of halogens is 3. The lowest BCUT2D eigenvalue weighted by Gasteiger charge is -2.15. The molecule has 3 aromatic heterocycles. The Kier molecular flexibility index (Phi) is 6.54. The molecule has 3 N–H and O–H groups in total. The molecule has 4 atom stereocenters.